The summed E-state index contributed by atoms with van der Waals surface area (Å²) in [5.74, 6) is 0. The second-order valence-corrected chi connectivity index (χ2v) is 3.73. The van der Waals surface area contributed by atoms with Crippen molar-refractivity contribution in [2.45, 2.75) is 44.6 Å². The summed E-state index contributed by atoms with van der Waals surface area (Å²) in [5, 5.41) is 9.17. The highest BCUT2D eigenvalue weighted by molar-refractivity contribution is 4.96. The van der Waals surface area contributed by atoms with E-state index in [1.807, 2.05) is 0 Å². The van der Waals surface area contributed by atoms with Gasteiger partial charge in [-0.2, -0.15) is 0 Å². The van der Waals surface area contributed by atoms with Crippen LogP contribution < -0.4 is 0 Å². The summed E-state index contributed by atoms with van der Waals surface area (Å²) in [6.45, 7) is 0. The first-order valence-electron chi connectivity index (χ1n) is 3.99. The molecule has 0 saturated heterocycles. The van der Waals surface area contributed by atoms with Gasteiger partial charge >= 0.3 is 0 Å². The number of rotatable bonds is 0. The van der Waals surface area contributed by atoms with Gasteiger partial charge in [0.1, 0.15) is 0 Å². The lowest BCUT2D eigenvalue weighted by Gasteiger charge is -2.24. The van der Waals surface area contributed by atoms with E-state index in [2.05, 4.69) is 0 Å². The fourth-order valence-electron chi connectivity index (χ4n) is 1.89. The molecule has 2 aliphatic carbocycles. The molecule has 0 aromatic heterocycles. The number of hydrogen-bond donors (Lipinski definition) is 1. The normalized spacial score (nSPS) is 33.0. The van der Waals surface area contributed by atoms with Crippen LogP contribution in [0, 0.1) is 5.41 Å². The minimum Gasteiger partial charge on any atom is -0.393 e. The highest BCUT2D eigenvalue weighted by Crippen LogP contribution is 2.55. The SMILES string of the molecule is OC1CCC2(CC1)CC2. The summed E-state index contributed by atoms with van der Waals surface area (Å²) in [4.78, 5) is 0. The minimum atomic E-state index is 0.0382. The highest BCUT2D eigenvalue weighted by Gasteiger charge is 2.44. The quantitative estimate of drug-likeness (QED) is 0.523. The maximum atomic E-state index is 9.17. The van der Waals surface area contributed by atoms with Crippen LogP contribution in [0.2, 0.25) is 0 Å². The van der Waals surface area contributed by atoms with Crippen molar-refractivity contribution >= 4 is 0 Å². The van der Waals surface area contributed by atoms with Crippen molar-refractivity contribution in [3.8, 4) is 0 Å². The first-order valence-corrected chi connectivity index (χ1v) is 3.99. The molecule has 0 aromatic rings. The van der Waals surface area contributed by atoms with Crippen molar-refractivity contribution in [1.82, 2.24) is 0 Å². The molecule has 52 valence electrons. The maximum Gasteiger partial charge on any atom is 0.0540 e. The molecule has 1 spiro atoms. The predicted octanol–water partition coefficient (Wildman–Crippen LogP) is 1.70. The number of aliphatic hydroxyl groups is 1. The van der Waals surface area contributed by atoms with Crippen LogP contribution in [0.1, 0.15) is 38.5 Å². The Balaban J connectivity index is 1.91. The van der Waals surface area contributed by atoms with Gasteiger partial charge in [0.05, 0.1) is 6.10 Å². The summed E-state index contributed by atoms with van der Waals surface area (Å²) >= 11 is 0. The lowest BCUT2D eigenvalue weighted by Crippen LogP contribution is -2.18. The third-order valence-electron chi connectivity index (χ3n) is 2.97. The van der Waals surface area contributed by atoms with Crippen LogP contribution in [0.15, 0.2) is 0 Å². The Morgan fingerprint density at radius 1 is 1.00 bits per heavy atom. The van der Waals surface area contributed by atoms with Gasteiger partial charge in [-0.1, -0.05) is 0 Å². The van der Waals surface area contributed by atoms with Crippen molar-refractivity contribution < 1.29 is 5.11 Å². The molecule has 1 nitrogen and oxygen atoms in total. The molecule has 1 N–H and O–H groups in total. The van der Waals surface area contributed by atoms with Gasteiger partial charge in [0.15, 0.2) is 0 Å². The lowest BCUT2D eigenvalue weighted by molar-refractivity contribution is 0.102. The Morgan fingerprint density at radius 3 is 2.00 bits per heavy atom. The molecule has 0 aromatic carbocycles. The van der Waals surface area contributed by atoms with Crippen LogP contribution >= 0.6 is 0 Å². The van der Waals surface area contributed by atoms with Crippen molar-refractivity contribution in [2.75, 3.05) is 0 Å². The van der Waals surface area contributed by atoms with Gasteiger partial charge in [-0.05, 0) is 43.9 Å². The van der Waals surface area contributed by atoms with Crippen LogP contribution in [0.3, 0.4) is 0 Å². The maximum absolute atomic E-state index is 9.17. The summed E-state index contributed by atoms with van der Waals surface area (Å²) in [6, 6.07) is 0. The van der Waals surface area contributed by atoms with Crippen molar-refractivity contribution in [1.29, 1.82) is 0 Å². The average Bonchev–Trinajstić information content (AvgIpc) is 2.60. The summed E-state index contributed by atoms with van der Waals surface area (Å²) in [6.07, 6.45) is 7.66. The highest BCUT2D eigenvalue weighted by atomic mass is 16.3. The van der Waals surface area contributed by atoms with Gasteiger partial charge < -0.3 is 5.11 Å². The van der Waals surface area contributed by atoms with E-state index in [4.69, 9.17) is 5.11 Å². The van der Waals surface area contributed by atoms with Gasteiger partial charge in [-0.25, -0.2) is 0 Å². The fraction of sp³-hybridized carbons (Fsp3) is 1.00. The Kier molecular flexibility index (Phi) is 1.10. The standard InChI is InChI=1S/C8H14O/c9-7-1-3-8(4-2-7)5-6-8/h7,9H,1-6H2. The zero-order valence-electron chi connectivity index (χ0n) is 5.77. The molecule has 9 heavy (non-hydrogen) atoms. The molecule has 2 fully saturated rings. The second kappa shape index (κ2) is 1.72. The Labute approximate surface area is 56.1 Å². The van der Waals surface area contributed by atoms with Crippen LogP contribution in [-0.4, -0.2) is 11.2 Å². The van der Waals surface area contributed by atoms with Crippen molar-refractivity contribution in [2.24, 2.45) is 5.41 Å². The summed E-state index contributed by atoms with van der Waals surface area (Å²) in [5.41, 5.74) is 0.749. The Hall–Kier alpha value is -0.0400. The number of aliphatic hydroxyl groups excluding tert-OH is 1. The molecule has 1 heteroatoms. The molecule has 0 aliphatic heterocycles. The van der Waals surface area contributed by atoms with Gasteiger partial charge in [0.2, 0.25) is 0 Å². The van der Waals surface area contributed by atoms with E-state index in [0.717, 1.165) is 18.3 Å². The molecule has 2 aliphatic rings. The average molecular weight is 126 g/mol. The molecule has 0 atom stereocenters. The molecule has 0 unspecified atom stereocenters. The van der Waals surface area contributed by atoms with Crippen molar-refractivity contribution in [3.05, 3.63) is 0 Å². The lowest BCUT2D eigenvalue weighted by atomic mass is 9.85. The van der Waals surface area contributed by atoms with E-state index in [0.29, 0.717) is 0 Å². The van der Waals surface area contributed by atoms with Gasteiger partial charge in [-0.3, -0.25) is 0 Å². The fourth-order valence-corrected chi connectivity index (χ4v) is 1.89. The second-order valence-electron chi connectivity index (χ2n) is 3.73. The van der Waals surface area contributed by atoms with Crippen LogP contribution in [-0.2, 0) is 0 Å². The van der Waals surface area contributed by atoms with E-state index in [1.54, 1.807) is 0 Å². The van der Waals surface area contributed by atoms with E-state index < -0.39 is 0 Å². The predicted molar refractivity (Wildman–Crippen MR) is 36.1 cm³/mol. The molecule has 2 saturated carbocycles. The van der Waals surface area contributed by atoms with Gasteiger partial charge in [-0.15, -0.1) is 0 Å². The van der Waals surface area contributed by atoms with E-state index >= 15 is 0 Å². The molecule has 0 radical (unpaired) electrons. The first kappa shape index (κ1) is 5.72. The van der Waals surface area contributed by atoms with Crippen LogP contribution in [0.5, 0.6) is 0 Å². The van der Waals surface area contributed by atoms with Gasteiger partial charge in [0.25, 0.3) is 0 Å². The van der Waals surface area contributed by atoms with E-state index in [9.17, 15) is 0 Å². The molecular formula is C8H14O. The Bertz CT molecular complexity index is 106. The van der Waals surface area contributed by atoms with Gasteiger partial charge in [0, 0.05) is 0 Å². The third-order valence-corrected chi connectivity index (χ3v) is 2.97. The molecule has 0 amide bonds. The minimum absolute atomic E-state index is 0.0382. The smallest absolute Gasteiger partial charge is 0.0540 e. The zero-order chi connectivity index (χ0) is 6.32. The van der Waals surface area contributed by atoms with Crippen LogP contribution in [0.25, 0.3) is 0 Å². The monoisotopic (exact) mass is 126 g/mol. The van der Waals surface area contributed by atoms with E-state index in [1.165, 1.54) is 25.7 Å². The first-order chi connectivity index (χ1) is 4.31. The third kappa shape index (κ3) is 0.983. The summed E-state index contributed by atoms with van der Waals surface area (Å²) < 4.78 is 0. The zero-order valence-corrected chi connectivity index (χ0v) is 5.77. The van der Waals surface area contributed by atoms with Crippen molar-refractivity contribution in [3.63, 3.8) is 0 Å². The summed E-state index contributed by atoms with van der Waals surface area (Å²) in [7, 11) is 0. The molecule has 2 rings (SSSR count). The molecule has 0 heterocycles. The molecular weight excluding hydrogens is 112 g/mol. The van der Waals surface area contributed by atoms with Crippen LogP contribution in [0.4, 0.5) is 0 Å². The topological polar surface area (TPSA) is 20.2 Å². The largest absolute Gasteiger partial charge is 0.393 e. The Morgan fingerprint density at radius 2 is 1.56 bits per heavy atom. The number of hydrogen-bond acceptors (Lipinski definition) is 1. The van der Waals surface area contributed by atoms with E-state index in [-0.39, 0.29) is 6.10 Å². The molecule has 0 bridgehead atoms.